The monoisotopic (exact) mass is 284 g/mol. The van der Waals surface area contributed by atoms with Gasteiger partial charge < -0.3 is 0 Å². The molecular weight excluding hydrogens is 270 g/mol. The van der Waals surface area contributed by atoms with Gasteiger partial charge in [-0.3, -0.25) is 0 Å². The quantitative estimate of drug-likeness (QED) is 0.597. The first-order valence-electron chi connectivity index (χ1n) is 4.31. The predicted octanol–water partition coefficient (Wildman–Crippen LogP) is 1.76. The molecule has 2 heteroatoms. The summed E-state index contributed by atoms with van der Waals surface area (Å²) in [5, 5.41) is 0. The normalized spacial score (nSPS) is 11.4. The summed E-state index contributed by atoms with van der Waals surface area (Å²) in [4.78, 5) is 11.0. The van der Waals surface area contributed by atoms with Gasteiger partial charge in [0.05, 0.1) is 0 Å². The van der Waals surface area contributed by atoms with E-state index in [-0.39, 0.29) is 5.78 Å². The number of carbonyl (C=O) groups is 1. The zero-order valence-corrected chi connectivity index (χ0v) is 11.6. The van der Waals surface area contributed by atoms with Crippen molar-refractivity contribution in [2.75, 3.05) is 0 Å². The van der Waals surface area contributed by atoms with Gasteiger partial charge >= 0.3 is 93.1 Å². The van der Waals surface area contributed by atoms with Gasteiger partial charge in [-0.15, -0.1) is 0 Å². The van der Waals surface area contributed by atoms with Crippen molar-refractivity contribution >= 4 is 28.8 Å². The summed E-state index contributed by atoms with van der Waals surface area (Å²) in [6, 6.07) is 7.94. The maximum absolute atomic E-state index is 11.0. The number of ketones is 1. The van der Waals surface area contributed by atoms with Gasteiger partial charge in [0.2, 0.25) is 0 Å². The molecule has 0 atom stereocenters. The second-order valence-corrected chi connectivity index (χ2v) is 7.97. The molecule has 0 heterocycles. The van der Waals surface area contributed by atoms with E-state index in [0.717, 1.165) is 5.56 Å². The Morgan fingerprint density at radius 3 is 2.00 bits per heavy atom. The van der Waals surface area contributed by atoms with Crippen LogP contribution in [0.15, 0.2) is 24.3 Å². The third kappa shape index (κ3) is 2.84. The minimum atomic E-state index is 0.136. The first kappa shape index (κ1) is 10.8. The molecule has 0 fully saturated rings. The second-order valence-electron chi connectivity index (χ2n) is 3.86. The van der Waals surface area contributed by atoms with Crippen LogP contribution in [0.2, 0.25) is 0 Å². The van der Waals surface area contributed by atoms with Gasteiger partial charge in [0.25, 0.3) is 0 Å². The minimum absolute atomic E-state index is 0.136. The molecule has 0 aromatic heterocycles. The molecular formula is C11H15OSb. The molecule has 13 heavy (non-hydrogen) atoms. The van der Waals surface area contributed by atoms with Crippen molar-refractivity contribution in [1.29, 1.82) is 0 Å². The molecule has 1 nitrogen and oxygen atoms in total. The van der Waals surface area contributed by atoms with E-state index in [1.54, 1.807) is 6.92 Å². The third-order valence-electron chi connectivity index (χ3n) is 2.04. The number of Topliss-reactive ketones (excluding diaryl/α,β-unsaturated/α-hetero) is 1. The average molecular weight is 285 g/mol. The van der Waals surface area contributed by atoms with E-state index in [1.807, 2.05) is 12.1 Å². The molecule has 0 aliphatic rings. The first-order valence-corrected chi connectivity index (χ1v) is 5.96. The fourth-order valence-electron chi connectivity index (χ4n) is 1.13. The number of rotatable bonds is 2. The van der Waals surface area contributed by atoms with E-state index in [0.29, 0.717) is 3.36 Å². The van der Waals surface area contributed by atoms with Crippen molar-refractivity contribution in [3.05, 3.63) is 35.4 Å². The van der Waals surface area contributed by atoms with Crippen molar-refractivity contribution in [3.63, 3.8) is 0 Å². The summed E-state index contributed by atoms with van der Waals surface area (Å²) in [6.07, 6.45) is 0. The molecule has 0 bridgehead atoms. The number of hydrogen-bond donors (Lipinski definition) is 0. The number of carbonyl (C=O) groups excluding carboxylic acids is 1. The molecule has 0 aliphatic heterocycles. The Bertz CT molecular complexity index is 306. The van der Waals surface area contributed by atoms with Crippen LogP contribution in [0.25, 0.3) is 0 Å². The van der Waals surface area contributed by atoms with E-state index in [9.17, 15) is 4.79 Å². The van der Waals surface area contributed by atoms with Gasteiger partial charge in [0.15, 0.2) is 0 Å². The van der Waals surface area contributed by atoms with Crippen molar-refractivity contribution in [1.82, 2.24) is 0 Å². The second kappa shape index (κ2) is 3.84. The SMILES string of the molecule is CC(=O)c1ccc([C](C)(C)[SbH2])cc1. The van der Waals surface area contributed by atoms with Crippen LogP contribution in [0.1, 0.15) is 36.7 Å². The topological polar surface area (TPSA) is 17.1 Å². The van der Waals surface area contributed by atoms with Crippen LogP contribution in [0.3, 0.4) is 0 Å². The molecule has 0 radical (unpaired) electrons. The molecule has 0 aliphatic carbocycles. The van der Waals surface area contributed by atoms with Crippen molar-refractivity contribution in [2.45, 2.75) is 24.1 Å². The van der Waals surface area contributed by atoms with E-state index in [2.05, 4.69) is 26.0 Å². The summed E-state index contributed by atoms with van der Waals surface area (Å²) >= 11 is 1.19. The maximum atomic E-state index is 11.0. The molecule has 0 spiro atoms. The summed E-state index contributed by atoms with van der Waals surface area (Å²) < 4.78 is 0.292. The van der Waals surface area contributed by atoms with Crippen LogP contribution in [-0.4, -0.2) is 28.8 Å². The molecule has 1 aromatic rings. The Labute approximate surface area is 93.0 Å². The zero-order chi connectivity index (χ0) is 10.1. The zero-order valence-electron chi connectivity index (χ0n) is 8.29. The summed E-state index contributed by atoms with van der Waals surface area (Å²) in [6.45, 7) is 6.04. The van der Waals surface area contributed by atoms with Crippen molar-refractivity contribution in [3.8, 4) is 0 Å². The summed E-state index contributed by atoms with van der Waals surface area (Å²) in [7, 11) is 0. The number of benzene rings is 1. The third-order valence-corrected chi connectivity index (χ3v) is 2.99. The van der Waals surface area contributed by atoms with Crippen LogP contribution < -0.4 is 0 Å². The molecule has 0 unspecified atom stereocenters. The van der Waals surface area contributed by atoms with E-state index < -0.39 is 0 Å². The molecule has 1 rings (SSSR count). The van der Waals surface area contributed by atoms with E-state index in [4.69, 9.17) is 0 Å². The predicted molar refractivity (Wildman–Crippen MR) is 58.0 cm³/mol. The molecule has 0 saturated carbocycles. The first-order chi connectivity index (χ1) is 5.91. The van der Waals surface area contributed by atoms with Gasteiger partial charge in [0, 0.05) is 0 Å². The Balaban J connectivity index is 3.01. The van der Waals surface area contributed by atoms with Crippen LogP contribution in [0.5, 0.6) is 0 Å². The molecule has 70 valence electrons. The van der Waals surface area contributed by atoms with Crippen molar-refractivity contribution in [2.24, 2.45) is 0 Å². The molecule has 0 amide bonds. The van der Waals surface area contributed by atoms with Gasteiger partial charge in [0.1, 0.15) is 0 Å². The summed E-state index contributed by atoms with van der Waals surface area (Å²) in [5.74, 6) is 0.136. The van der Waals surface area contributed by atoms with Crippen LogP contribution >= 0.6 is 0 Å². The Hall–Kier alpha value is -0.292. The van der Waals surface area contributed by atoms with Crippen LogP contribution in [-0.2, 0) is 3.36 Å². The Kier molecular flexibility index (Phi) is 3.18. The van der Waals surface area contributed by atoms with E-state index >= 15 is 0 Å². The standard InChI is InChI=1S/C11H13O.Sb.2H/c1-8(2)10-4-6-11(7-5-10)9(3)12;;;/h4-7H,1-3H3;;;. The van der Waals surface area contributed by atoms with Gasteiger partial charge in [-0.2, -0.15) is 0 Å². The molecule has 0 N–H and O–H groups in total. The van der Waals surface area contributed by atoms with Gasteiger partial charge in [-0.1, -0.05) is 0 Å². The van der Waals surface area contributed by atoms with E-state index in [1.165, 1.54) is 28.6 Å². The van der Waals surface area contributed by atoms with Crippen LogP contribution in [0, 0.1) is 0 Å². The van der Waals surface area contributed by atoms with Crippen molar-refractivity contribution < 1.29 is 4.79 Å². The Morgan fingerprint density at radius 1 is 1.23 bits per heavy atom. The average Bonchev–Trinajstić information content (AvgIpc) is 2.03. The summed E-state index contributed by atoms with van der Waals surface area (Å²) in [5.41, 5.74) is 2.12. The molecule has 0 saturated heterocycles. The molecule has 1 aromatic carbocycles. The van der Waals surface area contributed by atoms with Gasteiger partial charge in [-0.25, -0.2) is 0 Å². The fourth-order valence-corrected chi connectivity index (χ4v) is 1.68. The van der Waals surface area contributed by atoms with Gasteiger partial charge in [-0.05, 0) is 0 Å². The van der Waals surface area contributed by atoms with Crippen LogP contribution in [0.4, 0.5) is 0 Å². The fraction of sp³-hybridized carbons (Fsp3) is 0.364. The Morgan fingerprint density at radius 2 is 1.69 bits per heavy atom. The number of hydrogen-bond acceptors (Lipinski definition) is 1.